The van der Waals surface area contributed by atoms with Crippen molar-refractivity contribution in [2.24, 2.45) is 5.92 Å². The Morgan fingerprint density at radius 3 is 2.67 bits per heavy atom. The minimum absolute atomic E-state index is 0.00276. The van der Waals surface area contributed by atoms with Gasteiger partial charge in [-0.05, 0) is 24.1 Å². The maximum atomic E-state index is 12.0. The molecule has 0 fully saturated rings. The molecule has 6 heteroatoms. The minimum atomic E-state index is -0.375. The number of rotatable bonds is 5. The molecule has 1 heterocycles. The van der Waals surface area contributed by atoms with Gasteiger partial charge in [-0.1, -0.05) is 25.1 Å². The van der Waals surface area contributed by atoms with E-state index in [4.69, 9.17) is 5.11 Å². The number of para-hydroxylation sites is 1. The lowest BCUT2D eigenvalue weighted by Crippen LogP contribution is -2.32. The van der Waals surface area contributed by atoms with E-state index >= 15 is 0 Å². The molecule has 2 N–H and O–H groups in total. The molecule has 0 aliphatic rings. The molecule has 0 saturated carbocycles. The monoisotopic (exact) mass is 287 g/mol. The maximum Gasteiger partial charge on any atom is 0.271 e. The molecule has 1 amide bonds. The predicted octanol–water partition coefficient (Wildman–Crippen LogP) is 0.591. The number of aromatic nitrogens is 2. The van der Waals surface area contributed by atoms with Crippen LogP contribution in [0.1, 0.15) is 17.4 Å². The van der Waals surface area contributed by atoms with Crippen molar-refractivity contribution < 1.29 is 9.90 Å². The summed E-state index contributed by atoms with van der Waals surface area (Å²) in [6, 6.07) is 11.6. The molecule has 2 aromatic rings. The fourth-order valence-corrected chi connectivity index (χ4v) is 1.71. The Balaban J connectivity index is 2.23. The van der Waals surface area contributed by atoms with E-state index in [2.05, 4.69) is 10.4 Å². The summed E-state index contributed by atoms with van der Waals surface area (Å²) in [4.78, 5) is 23.8. The topological polar surface area (TPSA) is 84.2 Å². The highest BCUT2D eigenvalue weighted by molar-refractivity contribution is 5.92. The number of aliphatic hydroxyl groups excluding tert-OH is 1. The second-order valence-electron chi connectivity index (χ2n) is 4.80. The molecule has 0 aliphatic carbocycles. The molecular formula is C15H17N3O3. The normalized spacial score (nSPS) is 11.9. The second kappa shape index (κ2) is 6.81. The molecule has 21 heavy (non-hydrogen) atoms. The van der Waals surface area contributed by atoms with E-state index in [0.717, 1.165) is 0 Å². The second-order valence-corrected chi connectivity index (χ2v) is 4.80. The molecule has 110 valence electrons. The van der Waals surface area contributed by atoms with Crippen LogP contribution in [0.5, 0.6) is 0 Å². The third-order valence-electron chi connectivity index (χ3n) is 2.96. The lowest BCUT2D eigenvalue weighted by atomic mass is 10.2. The van der Waals surface area contributed by atoms with Gasteiger partial charge in [-0.3, -0.25) is 9.59 Å². The van der Waals surface area contributed by atoms with Crippen molar-refractivity contribution in [2.75, 3.05) is 13.2 Å². The van der Waals surface area contributed by atoms with Gasteiger partial charge in [-0.25, -0.2) is 0 Å². The fraction of sp³-hybridized carbons (Fsp3) is 0.267. The Kier molecular flexibility index (Phi) is 4.84. The van der Waals surface area contributed by atoms with Gasteiger partial charge in [0.1, 0.15) is 5.69 Å². The summed E-state index contributed by atoms with van der Waals surface area (Å²) in [7, 11) is 0. The van der Waals surface area contributed by atoms with Crippen molar-refractivity contribution in [2.45, 2.75) is 6.92 Å². The molecule has 0 saturated heterocycles. The molecule has 0 spiro atoms. The molecule has 0 aliphatic heterocycles. The first-order valence-electron chi connectivity index (χ1n) is 6.66. The Bertz CT molecular complexity index is 667. The van der Waals surface area contributed by atoms with Gasteiger partial charge in [0.2, 0.25) is 0 Å². The highest BCUT2D eigenvalue weighted by Gasteiger charge is 2.11. The summed E-state index contributed by atoms with van der Waals surface area (Å²) >= 11 is 0. The van der Waals surface area contributed by atoms with E-state index in [1.807, 2.05) is 13.0 Å². The van der Waals surface area contributed by atoms with Crippen molar-refractivity contribution in [1.82, 2.24) is 15.1 Å². The van der Waals surface area contributed by atoms with Crippen LogP contribution >= 0.6 is 0 Å². The molecule has 6 nitrogen and oxygen atoms in total. The van der Waals surface area contributed by atoms with Crippen LogP contribution in [0.2, 0.25) is 0 Å². The third-order valence-corrected chi connectivity index (χ3v) is 2.96. The number of benzene rings is 1. The summed E-state index contributed by atoms with van der Waals surface area (Å²) in [5.74, 6) is -0.408. The largest absolute Gasteiger partial charge is 0.396 e. The number of aliphatic hydroxyl groups is 1. The van der Waals surface area contributed by atoms with Crippen molar-refractivity contribution in [3.63, 3.8) is 0 Å². The van der Waals surface area contributed by atoms with E-state index < -0.39 is 0 Å². The van der Waals surface area contributed by atoms with Gasteiger partial charge >= 0.3 is 0 Å². The van der Waals surface area contributed by atoms with Crippen LogP contribution in [0.3, 0.4) is 0 Å². The van der Waals surface area contributed by atoms with Crippen molar-refractivity contribution in [3.05, 3.63) is 58.5 Å². The van der Waals surface area contributed by atoms with Crippen LogP contribution in [0.25, 0.3) is 5.69 Å². The smallest absolute Gasteiger partial charge is 0.271 e. The van der Waals surface area contributed by atoms with Crippen molar-refractivity contribution >= 4 is 5.91 Å². The van der Waals surface area contributed by atoms with Crippen LogP contribution in [-0.2, 0) is 0 Å². The summed E-state index contributed by atoms with van der Waals surface area (Å²) < 4.78 is 1.18. The van der Waals surface area contributed by atoms with Gasteiger partial charge in [0.05, 0.1) is 5.69 Å². The fourth-order valence-electron chi connectivity index (χ4n) is 1.71. The summed E-state index contributed by atoms with van der Waals surface area (Å²) in [5, 5.41) is 15.7. The van der Waals surface area contributed by atoms with E-state index in [0.29, 0.717) is 12.2 Å². The van der Waals surface area contributed by atoms with Crippen LogP contribution in [0, 0.1) is 5.92 Å². The van der Waals surface area contributed by atoms with E-state index in [-0.39, 0.29) is 29.7 Å². The highest BCUT2D eigenvalue weighted by atomic mass is 16.3. The minimum Gasteiger partial charge on any atom is -0.396 e. The van der Waals surface area contributed by atoms with Gasteiger partial charge in [0, 0.05) is 19.2 Å². The summed E-state index contributed by atoms with van der Waals surface area (Å²) in [5.41, 5.74) is 0.450. The Labute approximate surface area is 122 Å². The molecular weight excluding hydrogens is 270 g/mol. The van der Waals surface area contributed by atoms with Crippen LogP contribution in [-0.4, -0.2) is 33.9 Å². The van der Waals surface area contributed by atoms with Gasteiger partial charge in [0.15, 0.2) is 0 Å². The lowest BCUT2D eigenvalue weighted by molar-refractivity contribution is 0.0935. The Hall–Kier alpha value is -2.47. The van der Waals surface area contributed by atoms with Crippen LogP contribution in [0.15, 0.2) is 47.3 Å². The van der Waals surface area contributed by atoms with Crippen LogP contribution in [0.4, 0.5) is 0 Å². The van der Waals surface area contributed by atoms with Gasteiger partial charge in [-0.15, -0.1) is 0 Å². The highest BCUT2D eigenvalue weighted by Crippen LogP contribution is 2.03. The zero-order valence-corrected chi connectivity index (χ0v) is 11.7. The predicted molar refractivity (Wildman–Crippen MR) is 78.4 cm³/mol. The average molecular weight is 287 g/mol. The quantitative estimate of drug-likeness (QED) is 0.843. The summed E-state index contributed by atoms with van der Waals surface area (Å²) in [6.07, 6.45) is 0. The molecule has 1 aromatic heterocycles. The first-order valence-corrected chi connectivity index (χ1v) is 6.66. The molecule has 1 atom stereocenters. The Morgan fingerprint density at radius 1 is 1.29 bits per heavy atom. The van der Waals surface area contributed by atoms with E-state index in [1.54, 1.807) is 24.3 Å². The first kappa shape index (κ1) is 14.9. The molecule has 1 unspecified atom stereocenters. The third kappa shape index (κ3) is 3.76. The number of carbonyl (C=O) groups excluding carboxylic acids is 1. The van der Waals surface area contributed by atoms with Crippen molar-refractivity contribution in [3.8, 4) is 5.69 Å². The molecule has 0 radical (unpaired) electrons. The summed E-state index contributed by atoms with van der Waals surface area (Å²) in [6.45, 7) is 2.16. The average Bonchev–Trinajstić information content (AvgIpc) is 2.53. The zero-order valence-electron chi connectivity index (χ0n) is 11.7. The standard InChI is InChI=1S/C15H17N3O3/c1-11(10-19)9-16-15(21)13-7-8-14(20)18(17-13)12-5-3-2-4-6-12/h2-8,11,19H,9-10H2,1H3,(H,16,21). The molecule has 2 rings (SSSR count). The van der Waals surface area contributed by atoms with E-state index in [9.17, 15) is 9.59 Å². The lowest BCUT2D eigenvalue weighted by Gasteiger charge is -2.10. The molecule has 1 aromatic carbocycles. The number of nitrogens with zero attached hydrogens (tertiary/aromatic N) is 2. The zero-order chi connectivity index (χ0) is 15.2. The number of amides is 1. The number of hydrogen-bond acceptors (Lipinski definition) is 4. The SMILES string of the molecule is CC(CO)CNC(=O)c1ccc(=O)n(-c2ccccc2)n1. The number of nitrogens with one attached hydrogen (secondary N) is 1. The molecule has 0 bridgehead atoms. The van der Waals surface area contributed by atoms with Crippen LogP contribution < -0.4 is 10.9 Å². The van der Waals surface area contributed by atoms with Crippen molar-refractivity contribution in [1.29, 1.82) is 0 Å². The Morgan fingerprint density at radius 2 is 2.00 bits per heavy atom. The van der Waals surface area contributed by atoms with Gasteiger partial charge < -0.3 is 10.4 Å². The first-order chi connectivity index (χ1) is 10.1. The van der Waals surface area contributed by atoms with Gasteiger partial charge in [0.25, 0.3) is 11.5 Å². The maximum absolute atomic E-state index is 12.0. The van der Waals surface area contributed by atoms with E-state index in [1.165, 1.54) is 16.8 Å². The number of carbonyl (C=O) groups is 1. The van der Waals surface area contributed by atoms with Gasteiger partial charge in [-0.2, -0.15) is 9.78 Å². The number of hydrogen-bond donors (Lipinski definition) is 2.